The van der Waals surface area contributed by atoms with Gasteiger partial charge in [-0.2, -0.15) is 0 Å². The molecule has 14 heavy (non-hydrogen) atoms. The van der Waals surface area contributed by atoms with Crippen molar-refractivity contribution >= 4 is 17.7 Å². The Bertz CT molecular complexity index is 342. The number of thioether (sulfide) groups is 1. The van der Waals surface area contributed by atoms with Gasteiger partial charge in [0.25, 0.3) is 0 Å². The van der Waals surface area contributed by atoms with Crippen LogP contribution < -0.4 is 0 Å². The second-order valence-corrected chi connectivity index (χ2v) is 3.53. The fourth-order valence-corrected chi connectivity index (χ4v) is 1.50. The molecule has 0 aromatic carbocycles. The maximum atomic E-state index is 10.5. The molecule has 0 fully saturated rings. The minimum atomic E-state index is -0.847. The van der Waals surface area contributed by atoms with Crippen LogP contribution in [-0.4, -0.2) is 27.3 Å². The molecule has 1 aromatic heterocycles. The van der Waals surface area contributed by atoms with Crippen LogP contribution in [0.2, 0.25) is 0 Å². The molecule has 1 heterocycles. The van der Waals surface area contributed by atoms with Gasteiger partial charge in [-0.25, -0.2) is 9.97 Å². The van der Waals surface area contributed by atoms with Crippen LogP contribution in [0.25, 0.3) is 0 Å². The zero-order valence-electron chi connectivity index (χ0n) is 8.15. The van der Waals surface area contributed by atoms with E-state index in [0.717, 1.165) is 12.1 Å². The van der Waals surface area contributed by atoms with Gasteiger partial charge in [0.2, 0.25) is 0 Å². The molecule has 76 valence electrons. The normalized spacial score (nSPS) is 10.1. The lowest BCUT2D eigenvalue weighted by atomic mass is 10.1. The van der Waals surface area contributed by atoms with Crippen molar-refractivity contribution < 1.29 is 9.90 Å². The first-order valence-electron chi connectivity index (χ1n) is 4.28. The molecule has 0 aliphatic carbocycles. The number of carboxylic acids is 1. The maximum Gasteiger partial charge on any atom is 0.307 e. The van der Waals surface area contributed by atoms with Gasteiger partial charge in [-0.1, -0.05) is 18.7 Å². The first-order chi connectivity index (χ1) is 6.67. The summed E-state index contributed by atoms with van der Waals surface area (Å²) in [7, 11) is 0. The molecule has 0 atom stereocenters. The molecule has 0 saturated heterocycles. The largest absolute Gasteiger partial charge is 0.481 e. The zero-order chi connectivity index (χ0) is 10.6. The Hall–Kier alpha value is -1.10. The summed E-state index contributed by atoms with van der Waals surface area (Å²) in [6.45, 7) is 1.96. The van der Waals surface area contributed by atoms with E-state index in [1.165, 1.54) is 11.8 Å². The molecule has 0 radical (unpaired) electrons. The monoisotopic (exact) mass is 212 g/mol. The average molecular weight is 212 g/mol. The van der Waals surface area contributed by atoms with Gasteiger partial charge in [0.15, 0.2) is 5.16 Å². The lowest BCUT2D eigenvalue weighted by Gasteiger charge is -2.04. The fraction of sp³-hybridized carbons (Fsp3) is 0.444. The van der Waals surface area contributed by atoms with Gasteiger partial charge in [0.05, 0.1) is 6.42 Å². The first kappa shape index (κ1) is 11.0. The highest BCUT2D eigenvalue weighted by atomic mass is 32.2. The van der Waals surface area contributed by atoms with Gasteiger partial charge in [0, 0.05) is 17.5 Å². The maximum absolute atomic E-state index is 10.5. The molecule has 0 aliphatic heterocycles. The fourth-order valence-electron chi connectivity index (χ4n) is 1.14. The highest BCUT2D eigenvalue weighted by molar-refractivity contribution is 7.98. The van der Waals surface area contributed by atoms with Gasteiger partial charge in [-0.05, 0) is 12.7 Å². The molecular weight excluding hydrogens is 200 g/mol. The Labute approximate surface area is 86.8 Å². The number of aliphatic carboxylic acids is 1. The van der Waals surface area contributed by atoms with E-state index in [1.54, 1.807) is 6.20 Å². The first-order valence-corrected chi connectivity index (χ1v) is 5.50. The molecule has 1 aromatic rings. The zero-order valence-corrected chi connectivity index (χ0v) is 8.97. The topological polar surface area (TPSA) is 63.1 Å². The van der Waals surface area contributed by atoms with Gasteiger partial charge in [-0.15, -0.1) is 0 Å². The quantitative estimate of drug-likeness (QED) is 0.603. The SMILES string of the molecule is CCc1nc(SC)ncc1CC(=O)O. The number of carboxylic acid groups (broad SMARTS) is 1. The number of aromatic nitrogens is 2. The van der Waals surface area contributed by atoms with Crippen LogP contribution in [0.15, 0.2) is 11.4 Å². The molecule has 5 heteroatoms. The second-order valence-electron chi connectivity index (χ2n) is 2.75. The molecule has 0 bridgehead atoms. The Morgan fingerprint density at radius 1 is 1.64 bits per heavy atom. The number of hydrogen-bond acceptors (Lipinski definition) is 4. The third-order valence-corrected chi connectivity index (χ3v) is 2.35. The third-order valence-electron chi connectivity index (χ3n) is 1.79. The average Bonchev–Trinajstić information content (AvgIpc) is 2.17. The summed E-state index contributed by atoms with van der Waals surface area (Å²) < 4.78 is 0. The number of carbonyl (C=O) groups is 1. The van der Waals surface area contributed by atoms with Gasteiger partial charge in [-0.3, -0.25) is 4.79 Å². The van der Waals surface area contributed by atoms with Crippen LogP contribution in [0, 0.1) is 0 Å². The lowest BCUT2D eigenvalue weighted by Crippen LogP contribution is -2.06. The standard InChI is InChI=1S/C9H12N2O2S/c1-3-7-6(4-8(12)13)5-10-9(11-7)14-2/h5H,3-4H2,1-2H3,(H,12,13). The molecule has 0 amide bonds. The number of hydrogen-bond donors (Lipinski definition) is 1. The summed E-state index contributed by atoms with van der Waals surface area (Å²) in [5.41, 5.74) is 1.53. The van der Waals surface area contributed by atoms with Crippen LogP contribution in [0.5, 0.6) is 0 Å². The predicted octanol–water partition coefficient (Wildman–Crippen LogP) is 1.39. The van der Waals surface area contributed by atoms with E-state index in [1.807, 2.05) is 13.2 Å². The van der Waals surface area contributed by atoms with Gasteiger partial charge in [0.1, 0.15) is 0 Å². The smallest absolute Gasteiger partial charge is 0.307 e. The summed E-state index contributed by atoms with van der Waals surface area (Å²) in [5, 5.41) is 9.34. The highest BCUT2D eigenvalue weighted by Gasteiger charge is 2.08. The summed E-state index contributed by atoms with van der Waals surface area (Å²) in [5.74, 6) is -0.847. The van der Waals surface area contributed by atoms with Crippen molar-refractivity contribution in [2.45, 2.75) is 24.9 Å². The Balaban J connectivity index is 2.98. The summed E-state index contributed by atoms with van der Waals surface area (Å²) in [6, 6.07) is 0. The van der Waals surface area contributed by atoms with Crippen LogP contribution in [-0.2, 0) is 17.6 Å². The van der Waals surface area contributed by atoms with Crippen LogP contribution in [0.3, 0.4) is 0 Å². The van der Waals surface area contributed by atoms with Gasteiger partial charge < -0.3 is 5.11 Å². The van der Waals surface area contributed by atoms with Crippen LogP contribution >= 0.6 is 11.8 Å². The van der Waals surface area contributed by atoms with E-state index >= 15 is 0 Å². The molecule has 0 saturated carbocycles. The van der Waals surface area contributed by atoms with E-state index in [-0.39, 0.29) is 6.42 Å². The molecule has 1 rings (SSSR count). The minimum Gasteiger partial charge on any atom is -0.481 e. The number of rotatable bonds is 4. The van der Waals surface area contributed by atoms with Crippen molar-refractivity contribution in [3.63, 3.8) is 0 Å². The lowest BCUT2D eigenvalue weighted by molar-refractivity contribution is -0.136. The Morgan fingerprint density at radius 3 is 2.86 bits per heavy atom. The Kier molecular flexibility index (Phi) is 3.88. The predicted molar refractivity (Wildman–Crippen MR) is 54.5 cm³/mol. The second kappa shape index (κ2) is 4.95. The van der Waals surface area contributed by atoms with Crippen molar-refractivity contribution in [2.24, 2.45) is 0 Å². The summed E-state index contributed by atoms with van der Waals surface area (Å²) in [6.07, 6.45) is 4.23. The number of aryl methyl sites for hydroxylation is 1. The van der Waals surface area contributed by atoms with E-state index < -0.39 is 5.97 Å². The summed E-state index contributed by atoms with van der Waals surface area (Å²) in [4.78, 5) is 18.8. The Morgan fingerprint density at radius 2 is 2.36 bits per heavy atom. The molecule has 0 unspecified atom stereocenters. The van der Waals surface area contributed by atoms with E-state index in [9.17, 15) is 4.79 Å². The van der Waals surface area contributed by atoms with E-state index in [4.69, 9.17) is 5.11 Å². The molecule has 0 aliphatic rings. The van der Waals surface area contributed by atoms with Crippen molar-refractivity contribution in [3.8, 4) is 0 Å². The third kappa shape index (κ3) is 2.70. The highest BCUT2D eigenvalue weighted by Crippen LogP contribution is 2.13. The molecule has 0 spiro atoms. The molecule has 1 N–H and O–H groups in total. The molecule has 4 nitrogen and oxygen atoms in total. The van der Waals surface area contributed by atoms with Crippen molar-refractivity contribution in [1.29, 1.82) is 0 Å². The van der Waals surface area contributed by atoms with Crippen molar-refractivity contribution in [1.82, 2.24) is 9.97 Å². The van der Waals surface area contributed by atoms with Crippen LogP contribution in [0.4, 0.5) is 0 Å². The van der Waals surface area contributed by atoms with Gasteiger partial charge >= 0.3 is 5.97 Å². The van der Waals surface area contributed by atoms with Crippen LogP contribution in [0.1, 0.15) is 18.2 Å². The van der Waals surface area contributed by atoms with E-state index in [2.05, 4.69) is 9.97 Å². The summed E-state index contributed by atoms with van der Waals surface area (Å²) >= 11 is 1.46. The number of nitrogens with zero attached hydrogens (tertiary/aromatic N) is 2. The van der Waals surface area contributed by atoms with E-state index in [0.29, 0.717) is 10.7 Å². The van der Waals surface area contributed by atoms with Crippen molar-refractivity contribution in [2.75, 3.05) is 6.26 Å². The minimum absolute atomic E-state index is 0.00215. The van der Waals surface area contributed by atoms with Crippen molar-refractivity contribution in [3.05, 3.63) is 17.5 Å². The molecular formula is C9H12N2O2S.